The number of nitrogens with one attached hydrogen (secondary N) is 2. The second-order valence-corrected chi connectivity index (χ2v) is 8.12. The van der Waals surface area contributed by atoms with Gasteiger partial charge in [-0.2, -0.15) is 0 Å². The van der Waals surface area contributed by atoms with E-state index in [9.17, 15) is 4.79 Å². The number of rotatable bonds is 10. The van der Waals surface area contributed by atoms with Gasteiger partial charge in [0.25, 0.3) is 0 Å². The van der Waals surface area contributed by atoms with E-state index in [-0.39, 0.29) is 11.3 Å². The zero-order valence-corrected chi connectivity index (χ0v) is 19.2. The second kappa shape index (κ2) is 11.8. The highest BCUT2D eigenvalue weighted by Crippen LogP contribution is 2.38. The number of aryl methyl sites for hydroxylation is 1. The molecule has 7 nitrogen and oxygen atoms in total. The van der Waals surface area contributed by atoms with Crippen LogP contribution < -0.4 is 15.4 Å². The van der Waals surface area contributed by atoms with E-state index in [1.165, 1.54) is 0 Å². The van der Waals surface area contributed by atoms with E-state index in [0.717, 1.165) is 42.6 Å². The third-order valence-corrected chi connectivity index (χ3v) is 5.60. The maximum absolute atomic E-state index is 12.8. The molecule has 1 amide bonds. The Balaban J connectivity index is 1.96. The number of amides is 1. The Morgan fingerprint density at radius 2 is 1.93 bits per heavy atom. The SMILES string of the molecule is CCOCCOc1cc(C)ccc1CNC(=NC)NCC1(C(=O)N(C)C)CCCC1. The van der Waals surface area contributed by atoms with Gasteiger partial charge in [-0.3, -0.25) is 9.79 Å². The van der Waals surface area contributed by atoms with Gasteiger partial charge in [0.2, 0.25) is 5.91 Å². The minimum Gasteiger partial charge on any atom is -0.491 e. The average Bonchev–Trinajstić information content (AvgIpc) is 3.22. The molecule has 0 unspecified atom stereocenters. The van der Waals surface area contributed by atoms with Crippen molar-refractivity contribution >= 4 is 11.9 Å². The number of carbonyl (C=O) groups excluding carboxylic acids is 1. The molecule has 0 spiro atoms. The van der Waals surface area contributed by atoms with Gasteiger partial charge >= 0.3 is 0 Å². The molecule has 1 aromatic rings. The number of aliphatic imine (C=N–C) groups is 1. The predicted octanol–water partition coefficient (Wildman–Crippen LogP) is 2.72. The van der Waals surface area contributed by atoms with Crippen LogP contribution in [0.5, 0.6) is 5.75 Å². The summed E-state index contributed by atoms with van der Waals surface area (Å²) in [5, 5.41) is 6.74. The summed E-state index contributed by atoms with van der Waals surface area (Å²) in [6, 6.07) is 6.19. The van der Waals surface area contributed by atoms with Crippen LogP contribution in [-0.2, 0) is 16.1 Å². The minimum absolute atomic E-state index is 0.200. The molecule has 1 fully saturated rings. The maximum Gasteiger partial charge on any atom is 0.230 e. The lowest BCUT2D eigenvalue weighted by molar-refractivity contribution is -0.138. The quantitative estimate of drug-likeness (QED) is 0.347. The van der Waals surface area contributed by atoms with Crippen LogP contribution in [0, 0.1) is 12.3 Å². The first-order valence-electron chi connectivity index (χ1n) is 10.9. The van der Waals surface area contributed by atoms with Gasteiger partial charge in [0, 0.05) is 46.4 Å². The van der Waals surface area contributed by atoms with Crippen molar-refractivity contribution in [3.8, 4) is 5.75 Å². The second-order valence-electron chi connectivity index (χ2n) is 8.12. The molecule has 1 aromatic carbocycles. The zero-order chi connectivity index (χ0) is 22.0. The molecule has 0 radical (unpaired) electrons. The summed E-state index contributed by atoms with van der Waals surface area (Å²) in [7, 11) is 5.42. The van der Waals surface area contributed by atoms with Crippen molar-refractivity contribution in [3.63, 3.8) is 0 Å². The highest BCUT2D eigenvalue weighted by Gasteiger charge is 2.42. The first-order chi connectivity index (χ1) is 14.4. The summed E-state index contributed by atoms with van der Waals surface area (Å²) in [4.78, 5) is 18.8. The number of benzene rings is 1. The fraction of sp³-hybridized carbons (Fsp3) is 0.652. The zero-order valence-electron chi connectivity index (χ0n) is 19.2. The summed E-state index contributed by atoms with van der Waals surface area (Å²) in [6.07, 6.45) is 4.03. The van der Waals surface area contributed by atoms with Crippen molar-refractivity contribution in [1.29, 1.82) is 0 Å². The summed E-state index contributed by atoms with van der Waals surface area (Å²) < 4.78 is 11.3. The Hall–Kier alpha value is -2.28. The summed E-state index contributed by atoms with van der Waals surface area (Å²) in [6.45, 7) is 6.98. The van der Waals surface area contributed by atoms with Gasteiger partial charge in [-0.15, -0.1) is 0 Å². The third kappa shape index (κ3) is 6.62. The number of hydrogen-bond donors (Lipinski definition) is 2. The van der Waals surface area contributed by atoms with Gasteiger partial charge in [-0.25, -0.2) is 0 Å². The smallest absolute Gasteiger partial charge is 0.230 e. The Bertz CT molecular complexity index is 712. The van der Waals surface area contributed by atoms with Crippen LogP contribution in [0.2, 0.25) is 0 Å². The van der Waals surface area contributed by atoms with E-state index in [1.54, 1.807) is 11.9 Å². The summed E-state index contributed by atoms with van der Waals surface area (Å²) >= 11 is 0. The lowest BCUT2D eigenvalue weighted by Gasteiger charge is -2.31. The van der Waals surface area contributed by atoms with E-state index in [4.69, 9.17) is 9.47 Å². The molecule has 0 aliphatic heterocycles. The van der Waals surface area contributed by atoms with Crippen molar-refractivity contribution in [2.24, 2.45) is 10.4 Å². The number of hydrogen-bond acceptors (Lipinski definition) is 4. The number of guanidine groups is 1. The lowest BCUT2D eigenvalue weighted by atomic mass is 9.84. The topological polar surface area (TPSA) is 75.2 Å². The van der Waals surface area contributed by atoms with Crippen molar-refractivity contribution in [2.45, 2.75) is 46.1 Å². The predicted molar refractivity (Wildman–Crippen MR) is 121 cm³/mol. The Kier molecular flexibility index (Phi) is 9.43. The van der Waals surface area contributed by atoms with Gasteiger partial charge in [-0.05, 0) is 38.3 Å². The van der Waals surface area contributed by atoms with Crippen LogP contribution in [0.1, 0.15) is 43.7 Å². The number of ether oxygens (including phenoxy) is 2. The molecule has 0 atom stereocenters. The Morgan fingerprint density at radius 1 is 1.20 bits per heavy atom. The molecule has 0 aromatic heterocycles. The monoisotopic (exact) mass is 418 g/mol. The molecular weight excluding hydrogens is 380 g/mol. The average molecular weight is 419 g/mol. The highest BCUT2D eigenvalue weighted by molar-refractivity contribution is 5.85. The first kappa shape index (κ1) is 24.0. The largest absolute Gasteiger partial charge is 0.491 e. The Morgan fingerprint density at radius 3 is 2.57 bits per heavy atom. The molecule has 0 heterocycles. The molecule has 1 aliphatic carbocycles. The van der Waals surface area contributed by atoms with Gasteiger partial charge in [0.1, 0.15) is 12.4 Å². The molecule has 2 rings (SSSR count). The van der Waals surface area contributed by atoms with Crippen LogP contribution in [0.4, 0.5) is 0 Å². The molecule has 1 saturated carbocycles. The van der Waals surface area contributed by atoms with E-state index >= 15 is 0 Å². The Labute approximate surface area is 181 Å². The van der Waals surface area contributed by atoms with E-state index in [1.807, 2.05) is 27.1 Å². The molecule has 30 heavy (non-hydrogen) atoms. The standard InChI is InChI=1S/C23H38N4O3/c1-6-29-13-14-30-20-15-18(2)9-10-19(20)16-25-22(24-3)26-17-23(11-7-8-12-23)21(28)27(4)5/h9-10,15H,6-8,11-14,16-17H2,1-5H3,(H2,24,25,26). The van der Waals surface area contributed by atoms with Gasteiger partial charge in [0.15, 0.2) is 5.96 Å². The van der Waals surface area contributed by atoms with Crippen LogP contribution >= 0.6 is 0 Å². The molecule has 0 bridgehead atoms. The van der Waals surface area contributed by atoms with Crippen molar-refractivity contribution < 1.29 is 14.3 Å². The van der Waals surface area contributed by atoms with Crippen LogP contribution in [-0.4, -0.2) is 64.3 Å². The van der Waals surface area contributed by atoms with Gasteiger partial charge in [0.05, 0.1) is 12.0 Å². The van der Waals surface area contributed by atoms with Crippen LogP contribution in [0.15, 0.2) is 23.2 Å². The third-order valence-electron chi connectivity index (χ3n) is 5.60. The number of nitrogens with zero attached hydrogens (tertiary/aromatic N) is 2. The minimum atomic E-state index is -0.335. The van der Waals surface area contributed by atoms with Crippen LogP contribution in [0.3, 0.4) is 0 Å². The lowest BCUT2D eigenvalue weighted by Crippen LogP contribution is -2.49. The number of carbonyl (C=O) groups is 1. The van der Waals surface area contributed by atoms with E-state index < -0.39 is 0 Å². The van der Waals surface area contributed by atoms with Crippen LogP contribution in [0.25, 0.3) is 0 Å². The maximum atomic E-state index is 12.8. The molecule has 7 heteroatoms. The summed E-state index contributed by atoms with van der Waals surface area (Å²) in [5.41, 5.74) is 1.87. The van der Waals surface area contributed by atoms with Gasteiger partial charge < -0.3 is 25.0 Å². The molecular formula is C23H38N4O3. The fourth-order valence-electron chi connectivity index (χ4n) is 3.94. The first-order valence-corrected chi connectivity index (χ1v) is 10.9. The van der Waals surface area contributed by atoms with Crippen molar-refractivity contribution in [2.75, 3.05) is 47.5 Å². The van der Waals surface area contributed by atoms with Crippen molar-refractivity contribution in [3.05, 3.63) is 29.3 Å². The van der Waals surface area contributed by atoms with E-state index in [0.29, 0.717) is 38.9 Å². The molecule has 1 aliphatic rings. The van der Waals surface area contributed by atoms with Crippen molar-refractivity contribution in [1.82, 2.24) is 15.5 Å². The molecule has 0 saturated heterocycles. The summed E-state index contributed by atoms with van der Waals surface area (Å²) in [5.74, 6) is 1.74. The molecule has 2 N–H and O–H groups in total. The highest BCUT2D eigenvalue weighted by atomic mass is 16.5. The van der Waals surface area contributed by atoms with Gasteiger partial charge in [-0.1, -0.05) is 25.0 Å². The normalized spacial score (nSPS) is 15.7. The molecule has 168 valence electrons. The van der Waals surface area contributed by atoms with E-state index in [2.05, 4.69) is 34.7 Å². The fourth-order valence-corrected chi connectivity index (χ4v) is 3.94.